The topological polar surface area (TPSA) is 65.1 Å². The highest BCUT2D eigenvalue weighted by atomic mass is 16.1. The summed E-state index contributed by atoms with van der Waals surface area (Å²) in [5.41, 5.74) is 0.711. The molecule has 152 valence electrons. The van der Waals surface area contributed by atoms with Gasteiger partial charge < -0.3 is 9.80 Å². The molecular weight excluding hydrogens is 350 g/mol. The van der Waals surface area contributed by atoms with Gasteiger partial charge in [0.1, 0.15) is 5.52 Å². The van der Waals surface area contributed by atoms with Gasteiger partial charge in [-0.15, -0.1) is 0 Å². The largest absolute Gasteiger partial charge is 0.352 e. The summed E-state index contributed by atoms with van der Waals surface area (Å²) in [7, 11) is 0. The molecule has 0 amide bonds. The molecule has 4 rings (SSSR count). The summed E-state index contributed by atoms with van der Waals surface area (Å²) in [6, 6.07) is 2.35. The van der Waals surface area contributed by atoms with Crippen molar-refractivity contribution in [3.63, 3.8) is 0 Å². The third kappa shape index (κ3) is 3.61. The number of hydrogen-bond acceptors (Lipinski definition) is 5. The van der Waals surface area contributed by atoms with E-state index in [1.54, 1.807) is 12.3 Å². The highest BCUT2D eigenvalue weighted by Gasteiger charge is 2.35. The Labute approximate surface area is 167 Å². The van der Waals surface area contributed by atoms with Crippen molar-refractivity contribution in [3.8, 4) is 0 Å². The van der Waals surface area contributed by atoms with Crippen molar-refractivity contribution in [2.24, 2.45) is 5.92 Å². The Bertz CT molecular complexity index is 856. The Morgan fingerprint density at radius 1 is 1.14 bits per heavy atom. The average Bonchev–Trinajstić information content (AvgIpc) is 2.73. The van der Waals surface area contributed by atoms with Crippen molar-refractivity contribution in [2.75, 3.05) is 29.4 Å². The van der Waals surface area contributed by atoms with E-state index in [0.29, 0.717) is 17.4 Å². The zero-order valence-electron chi connectivity index (χ0n) is 17.3. The van der Waals surface area contributed by atoms with Crippen LogP contribution in [-0.2, 0) is 0 Å². The molecule has 28 heavy (non-hydrogen) atoms. The van der Waals surface area contributed by atoms with Gasteiger partial charge in [0.15, 0.2) is 5.82 Å². The number of piperidine rings is 1. The van der Waals surface area contributed by atoms with E-state index in [4.69, 9.17) is 9.97 Å². The summed E-state index contributed by atoms with van der Waals surface area (Å²) in [6.07, 6.45) is 11.6. The number of nitrogens with zero attached hydrogens (tertiary/aromatic N) is 4. The van der Waals surface area contributed by atoms with E-state index in [9.17, 15) is 4.79 Å². The Morgan fingerprint density at radius 3 is 2.68 bits per heavy atom. The van der Waals surface area contributed by atoms with E-state index in [1.807, 2.05) is 0 Å². The van der Waals surface area contributed by atoms with Crippen LogP contribution in [0.1, 0.15) is 65.2 Å². The monoisotopic (exact) mass is 383 g/mol. The van der Waals surface area contributed by atoms with E-state index in [0.717, 1.165) is 49.7 Å². The van der Waals surface area contributed by atoms with Gasteiger partial charge in [0.25, 0.3) is 5.56 Å². The van der Waals surface area contributed by atoms with Crippen LogP contribution < -0.4 is 15.4 Å². The first kappa shape index (κ1) is 19.2. The molecule has 2 fully saturated rings. The van der Waals surface area contributed by atoms with Crippen LogP contribution >= 0.6 is 0 Å². The van der Waals surface area contributed by atoms with Gasteiger partial charge >= 0.3 is 0 Å². The van der Waals surface area contributed by atoms with Gasteiger partial charge in [-0.05, 0) is 50.5 Å². The molecule has 0 aromatic carbocycles. The van der Waals surface area contributed by atoms with Crippen LogP contribution in [0.3, 0.4) is 0 Å². The maximum Gasteiger partial charge on any atom is 0.260 e. The van der Waals surface area contributed by atoms with Gasteiger partial charge in [-0.2, -0.15) is 0 Å². The van der Waals surface area contributed by atoms with Crippen molar-refractivity contribution in [1.29, 1.82) is 0 Å². The second-order valence-electron chi connectivity index (χ2n) is 8.35. The lowest BCUT2D eigenvalue weighted by atomic mass is 9.78. The first-order valence-corrected chi connectivity index (χ1v) is 11.1. The molecule has 0 unspecified atom stereocenters. The van der Waals surface area contributed by atoms with Crippen molar-refractivity contribution in [2.45, 2.75) is 71.3 Å². The fourth-order valence-electron chi connectivity index (χ4n) is 5.15. The number of anilines is 2. The number of aromatic amines is 1. The minimum Gasteiger partial charge on any atom is -0.352 e. The van der Waals surface area contributed by atoms with Crippen LogP contribution in [0.15, 0.2) is 17.1 Å². The molecule has 2 aromatic rings. The van der Waals surface area contributed by atoms with Crippen molar-refractivity contribution >= 4 is 22.7 Å². The summed E-state index contributed by atoms with van der Waals surface area (Å²) < 4.78 is 0. The SMILES string of the molecule is CCCN(CCC)c1nc2c(N3CCC[C@H]4CCCC[C@H]43)nccc2c(=O)[nH]1. The standard InChI is InChI=1S/C22H33N5O/c1-3-13-26(14-4-2)22-24-19-17(21(28)25-22)11-12-23-20(19)27-15-7-9-16-8-5-6-10-18(16)27/h11-12,16,18H,3-10,13-15H2,1-2H3,(H,24,25,28)/t16-,18-/m1/s1. The second-order valence-corrected chi connectivity index (χ2v) is 8.35. The lowest BCUT2D eigenvalue weighted by Gasteiger charge is -2.44. The molecule has 1 N–H and O–H groups in total. The molecule has 6 nitrogen and oxygen atoms in total. The van der Waals surface area contributed by atoms with Crippen LogP contribution in [0.4, 0.5) is 11.8 Å². The van der Waals surface area contributed by atoms with Crippen LogP contribution in [0.2, 0.25) is 0 Å². The van der Waals surface area contributed by atoms with Crippen LogP contribution in [0.5, 0.6) is 0 Å². The van der Waals surface area contributed by atoms with Crippen LogP contribution in [0.25, 0.3) is 10.9 Å². The average molecular weight is 384 g/mol. The molecule has 0 bridgehead atoms. The molecular formula is C22H33N5O. The second kappa shape index (κ2) is 8.50. The number of pyridine rings is 1. The zero-order chi connectivity index (χ0) is 19.5. The first-order valence-electron chi connectivity index (χ1n) is 11.1. The summed E-state index contributed by atoms with van der Waals surface area (Å²) in [5, 5.41) is 0.652. The molecule has 0 spiro atoms. The van der Waals surface area contributed by atoms with Crippen LogP contribution in [-0.4, -0.2) is 40.6 Å². The first-order chi connectivity index (χ1) is 13.7. The minimum atomic E-state index is -0.0574. The summed E-state index contributed by atoms with van der Waals surface area (Å²) in [4.78, 5) is 30.2. The third-order valence-corrected chi connectivity index (χ3v) is 6.39. The van der Waals surface area contributed by atoms with E-state index < -0.39 is 0 Å². The van der Waals surface area contributed by atoms with Crippen molar-refractivity contribution < 1.29 is 0 Å². The van der Waals surface area contributed by atoms with E-state index in [-0.39, 0.29) is 5.56 Å². The molecule has 1 aliphatic heterocycles. The number of rotatable bonds is 6. The third-order valence-electron chi connectivity index (χ3n) is 6.39. The molecule has 2 aromatic heterocycles. The van der Waals surface area contributed by atoms with Gasteiger partial charge in [0.05, 0.1) is 5.39 Å². The molecule has 1 saturated heterocycles. The van der Waals surface area contributed by atoms with Crippen molar-refractivity contribution in [3.05, 3.63) is 22.6 Å². The van der Waals surface area contributed by atoms with Crippen molar-refractivity contribution in [1.82, 2.24) is 15.0 Å². The number of H-pyrrole nitrogens is 1. The van der Waals surface area contributed by atoms with Gasteiger partial charge in [-0.1, -0.05) is 26.7 Å². The zero-order valence-corrected chi connectivity index (χ0v) is 17.3. The Morgan fingerprint density at radius 2 is 1.89 bits per heavy atom. The maximum absolute atomic E-state index is 12.9. The lowest BCUT2D eigenvalue weighted by molar-refractivity contribution is 0.243. The Balaban J connectivity index is 1.79. The van der Waals surface area contributed by atoms with Gasteiger partial charge in [0, 0.05) is 31.9 Å². The van der Waals surface area contributed by atoms with Gasteiger partial charge in [0.2, 0.25) is 5.95 Å². The smallest absolute Gasteiger partial charge is 0.260 e. The summed E-state index contributed by atoms with van der Waals surface area (Å²) >= 11 is 0. The lowest BCUT2D eigenvalue weighted by Crippen LogP contribution is -2.47. The molecule has 6 heteroatoms. The molecule has 1 saturated carbocycles. The Hall–Kier alpha value is -2.11. The fourth-order valence-corrected chi connectivity index (χ4v) is 5.15. The maximum atomic E-state index is 12.9. The minimum absolute atomic E-state index is 0.0574. The number of fused-ring (bicyclic) bond motifs is 2. The van der Waals surface area contributed by atoms with E-state index >= 15 is 0 Å². The highest BCUT2D eigenvalue weighted by molar-refractivity contribution is 5.88. The van der Waals surface area contributed by atoms with Gasteiger partial charge in [-0.3, -0.25) is 9.78 Å². The molecule has 3 heterocycles. The normalized spacial score (nSPS) is 22.3. The predicted octanol–water partition coefficient (Wildman–Crippen LogP) is 4.10. The summed E-state index contributed by atoms with van der Waals surface area (Å²) in [5.74, 6) is 2.36. The number of nitrogens with one attached hydrogen (secondary N) is 1. The van der Waals surface area contributed by atoms with E-state index in [2.05, 4.69) is 28.6 Å². The number of hydrogen-bond donors (Lipinski definition) is 1. The highest BCUT2D eigenvalue weighted by Crippen LogP contribution is 2.38. The quantitative estimate of drug-likeness (QED) is 0.813. The molecule has 2 aliphatic rings. The fraction of sp³-hybridized carbons (Fsp3) is 0.682. The molecule has 1 aliphatic carbocycles. The predicted molar refractivity (Wildman–Crippen MR) is 115 cm³/mol. The molecule has 0 radical (unpaired) electrons. The molecule has 2 atom stereocenters. The van der Waals surface area contributed by atoms with Crippen LogP contribution in [0, 0.1) is 5.92 Å². The van der Waals surface area contributed by atoms with E-state index in [1.165, 1.54) is 38.5 Å². The van der Waals surface area contributed by atoms with Gasteiger partial charge in [-0.25, -0.2) is 9.97 Å². The number of aromatic nitrogens is 3. The Kier molecular flexibility index (Phi) is 5.83. The summed E-state index contributed by atoms with van der Waals surface area (Å²) in [6.45, 7) is 7.13.